The fourth-order valence-corrected chi connectivity index (χ4v) is 3.96. The number of anilines is 1. The van der Waals surface area contributed by atoms with E-state index in [1.165, 1.54) is 7.05 Å². The monoisotopic (exact) mass is 617 g/mol. The SMILES string of the molecule is Cn1nc(C(C)(C)C)c(Cl)c1C(=O)Nc1nnc(C(F)(F)C(F)(F)C(F)(F)C(F)(F)C(F)(F)C(F)(F)F)s1. The van der Waals surface area contributed by atoms with Crippen LogP contribution in [0.5, 0.6) is 0 Å². The normalized spacial score (nSPS) is 14.7. The maximum atomic E-state index is 14.3. The molecule has 0 atom stereocenters. The van der Waals surface area contributed by atoms with Gasteiger partial charge in [0.1, 0.15) is 5.69 Å². The lowest BCUT2D eigenvalue weighted by molar-refractivity contribution is -0.441. The van der Waals surface area contributed by atoms with Crippen LogP contribution in [0.1, 0.15) is 42.0 Å². The van der Waals surface area contributed by atoms with Crippen LogP contribution >= 0.6 is 22.9 Å². The van der Waals surface area contributed by atoms with Crippen LogP contribution in [0.2, 0.25) is 5.02 Å². The molecule has 0 bridgehead atoms. The summed E-state index contributed by atoms with van der Waals surface area (Å²) in [4.78, 5) is 12.5. The van der Waals surface area contributed by atoms with Crippen molar-refractivity contribution in [3.05, 3.63) is 21.4 Å². The predicted molar refractivity (Wildman–Crippen MR) is 105 cm³/mol. The molecule has 0 aromatic carbocycles. The van der Waals surface area contributed by atoms with E-state index in [4.69, 9.17) is 11.6 Å². The Bertz CT molecular complexity index is 1220. The molecule has 1 amide bonds. The number of rotatable bonds is 7. The number of carbonyl (C=O) groups is 1. The fourth-order valence-electron chi connectivity index (χ4n) is 2.68. The van der Waals surface area contributed by atoms with Crippen LogP contribution in [-0.4, -0.2) is 55.8 Å². The van der Waals surface area contributed by atoms with Crippen LogP contribution in [0.4, 0.5) is 62.2 Å². The van der Waals surface area contributed by atoms with E-state index < -0.39 is 74.3 Å². The van der Waals surface area contributed by atoms with Crippen molar-refractivity contribution >= 4 is 34.0 Å². The van der Waals surface area contributed by atoms with Crippen LogP contribution in [-0.2, 0) is 18.4 Å². The maximum Gasteiger partial charge on any atom is 0.460 e. The molecule has 0 aliphatic carbocycles. The first-order valence-electron chi connectivity index (χ1n) is 9.50. The van der Waals surface area contributed by atoms with E-state index in [1.54, 1.807) is 26.1 Å². The standard InChI is InChI=1S/C17H13ClF13N5OS/c1-11(2,3)7-5(18)6(36(4)35-7)8(37)32-10-34-33-9(38-10)12(19,20)13(21,22)14(23,24)15(25,26)16(27,28)17(29,30)31/h1-4H3,(H,32,34,37). The van der Waals surface area contributed by atoms with Crippen LogP contribution < -0.4 is 5.32 Å². The molecule has 6 nitrogen and oxygen atoms in total. The van der Waals surface area contributed by atoms with Gasteiger partial charge in [0.2, 0.25) is 5.13 Å². The summed E-state index contributed by atoms with van der Waals surface area (Å²) in [7, 11) is 1.22. The second-order valence-electron chi connectivity index (χ2n) is 8.62. The molecule has 1 N–H and O–H groups in total. The molecule has 2 aromatic heterocycles. The third-order valence-electron chi connectivity index (χ3n) is 4.76. The minimum absolute atomic E-state index is 0.176. The van der Waals surface area contributed by atoms with Gasteiger partial charge < -0.3 is 0 Å². The molecule has 0 saturated carbocycles. The summed E-state index contributed by atoms with van der Waals surface area (Å²) in [6.07, 6.45) is -7.52. The zero-order chi connectivity index (χ0) is 30.1. The molecule has 0 spiro atoms. The minimum atomic E-state index is -8.05. The first-order valence-corrected chi connectivity index (χ1v) is 10.7. The van der Waals surface area contributed by atoms with Gasteiger partial charge in [-0.1, -0.05) is 43.7 Å². The highest BCUT2D eigenvalue weighted by Gasteiger charge is 2.91. The van der Waals surface area contributed by atoms with Crippen molar-refractivity contribution in [2.24, 2.45) is 7.05 Å². The molecular weight excluding hydrogens is 605 g/mol. The fraction of sp³-hybridized carbons (Fsp3) is 0.647. The molecule has 0 radical (unpaired) electrons. The van der Waals surface area contributed by atoms with Gasteiger partial charge in [-0.2, -0.15) is 62.2 Å². The summed E-state index contributed by atoms with van der Waals surface area (Å²) in [5.74, 6) is -39.3. The lowest BCUT2D eigenvalue weighted by Crippen LogP contribution is -2.69. The highest BCUT2D eigenvalue weighted by molar-refractivity contribution is 7.15. The summed E-state index contributed by atoms with van der Waals surface area (Å²) in [6.45, 7) is 4.93. The van der Waals surface area contributed by atoms with Gasteiger partial charge in [-0.25, -0.2) is 0 Å². The molecule has 2 rings (SSSR count). The number of nitrogens with one attached hydrogen (secondary N) is 1. The molecule has 21 heteroatoms. The quantitative estimate of drug-likeness (QED) is 0.353. The Kier molecular flexibility index (Phi) is 7.61. The van der Waals surface area contributed by atoms with Gasteiger partial charge in [-0.15, -0.1) is 10.2 Å². The second-order valence-corrected chi connectivity index (χ2v) is 9.98. The average molecular weight is 618 g/mol. The number of amides is 1. The first kappa shape index (κ1) is 31.8. The molecule has 0 aliphatic heterocycles. The van der Waals surface area contributed by atoms with Crippen molar-refractivity contribution < 1.29 is 61.9 Å². The van der Waals surface area contributed by atoms with E-state index in [0.29, 0.717) is 0 Å². The van der Waals surface area contributed by atoms with Crippen LogP contribution in [0.15, 0.2) is 0 Å². The molecule has 0 aliphatic rings. The van der Waals surface area contributed by atoms with Gasteiger partial charge in [-0.05, 0) is 0 Å². The van der Waals surface area contributed by atoms with E-state index in [1.807, 2.05) is 0 Å². The Morgan fingerprint density at radius 3 is 1.71 bits per heavy atom. The van der Waals surface area contributed by atoms with Crippen molar-refractivity contribution in [3.8, 4) is 0 Å². The molecule has 0 fully saturated rings. The summed E-state index contributed by atoms with van der Waals surface area (Å²) >= 11 is 5.29. The Morgan fingerprint density at radius 1 is 0.816 bits per heavy atom. The molecule has 2 aromatic rings. The molecule has 0 saturated heterocycles. The topological polar surface area (TPSA) is 72.7 Å². The summed E-state index contributed by atoms with van der Waals surface area (Å²) < 4.78 is 174. The van der Waals surface area contributed by atoms with E-state index in [2.05, 4.69) is 15.3 Å². The lowest BCUT2D eigenvalue weighted by atomic mass is 9.92. The van der Waals surface area contributed by atoms with Gasteiger partial charge in [-0.3, -0.25) is 14.8 Å². The van der Waals surface area contributed by atoms with E-state index in [0.717, 1.165) is 4.68 Å². The third-order valence-corrected chi connectivity index (χ3v) is 6.03. The Hall–Kier alpha value is -2.38. The summed E-state index contributed by atoms with van der Waals surface area (Å²) in [5, 5.41) is 7.00. The summed E-state index contributed by atoms with van der Waals surface area (Å²) in [6, 6.07) is 0. The number of halogens is 14. The highest BCUT2D eigenvalue weighted by Crippen LogP contribution is 2.62. The van der Waals surface area contributed by atoms with Crippen molar-refractivity contribution in [1.29, 1.82) is 0 Å². The minimum Gasteiger partial charge on any atom is -0.295 e. The zero-order valence-corrected chi connectivity index (χ0v) is 20.5. The Balaban J connectivity index is 2.44. The van der Waals surface area contributed by atoms with Gasteiger partial charge in [0.25, 0.3) is 5.91 Å². The van der Waals surface area contributed by atoms with Crippen LogP contribution in [0.25, 0.3) is 0 Å². The van der Waals surface area contributed by atoms with Gasteiger partial charge in [0, 0.05) is 12.5 Å². The molecular formula is C17H13ClF13N5OS. The third kappa shape index (κ3) is 4.66. The Labute approximate surface area is 212 Å². The van der Waals surface area contributed by atoms with E-state index in [9.17, 15) is 61.9 Å². The smallest absolute Gasteiger partial charge is 0.295 e. The molecule has 0 unspecified atom stereocenters. The maximum absolute atomic E-state index is 14.3. The molecule has 2 heterocycles. The largest absolute Gasteiger partial charge is 0.460 e. The number of aromatic nitrogens is 4. The highest BCUT2D eigenvalue weighted by atomic mass is 35.5. The molecule has 38 heavy (non-hydrogen) atoms. The number of hydrogen-bond donors (Lipinski definition) is 1. The average Bonchev–Trinajstić information content (AvgIpc) is 3.30. The lowest BCUT2D eigenvalue weighted by Gasteiger charge is -2.39. The van der Waals surface area contributed by atoms with Crippen molar-refractivity contribution in [2.75, 3.05) is 5.32 Å². The first-order chi connectivity index (χ1) is 16.7. The number of nitrogens with zero attached hydrogens (tertiary/aromatic N) is 4. The van der Waals surface area contributed by atoms with Gasteiger partial charge >= 0.3 is 35.8 Å². The number of aryl methyl sites for hydroxylation is 1. The van der Waals surface area contributed by atoms with E-state index in [-0.39, 0.29) is 10.7 Å². The van der Waals surface area contributed by atoms with Gasteiger partial charge in [0.15, 0.2) is 5.01 Å². The van der Waals surface area contributed by atoms with Crippen molar-refractivity contribution in [3.63, 3.8) is 0 Å². The predicted octanol–water partition coefficient (Wildman–Crippen LogP) is 6.67. The second kappa shape index (κ2) is 9.09. The van der Waals surface area contributed by atoms with Crippen molar-refractivity contribution in [2.45, 2.75) is 62.0 Å². The van der Waals surface area contributed by atoms with E-state index >= 15 is 0 Å². The number of hydrogen-bond acceptors (Lipinski definition) is 5. The van der Waals surface area contributed by atoms with Crippen LogP contribution in [0, 0.1) is 0 Å². The zero-order valence-electron chi connectivity index (χ0n) is 18.9. The number of alkyl halides is 13. The van der Waals surface area contributed by atoms with Crippen molar-refractivity contribution in [1.82, 2.24) is 20.0 Å². The summed E-state index contributed by atoms with van der Waals surface area (Å²) in [5.41, 5.74) is -0.964. The number of carbonyl (C=O) groups excluding carboxylic acids is 1. The Morgan fingerprint density at radius 2 is 1.29 bits per heavy atom. The van der Waals surface area contributed by atoms with Gasteiger partial charge in [0.05, 0.1) is 10.7 Å². The van der Waals surface area contributed by atoms with Crippen LogP contribution in [0.3, 0.4) is 0 Å². The molecule has 216 valence electrons.